The molecule has 1 aliphatic carbocycles. The SMILES string of the molecule is CC1CCCCC1.CCC/C=C(C)/C(=C\N=C(C)Cl)C(/Br)=C\CCC. The summed E-state index contributed by atoms with van der Waals surface area (Å²) in [7, 11) is 0. The molecule has 1 fully saturated rings. The summed E-state index contributed by atoms with van der Waals surface area (Å²) in [4.78, 5) is 4.19. The number of hydrogen-bond donors (Lipinski definition) is 0. The molecular formula is C22H37BrClN. The largest absolute Gasteiger partial charge is 0.249 e. The lowest BCUT2D eigenvalue weighted by Crippen LogP contribution is -1.99. The molecule has 0 atom stereocenters. The molecule has 0 spiro atoms. The number of allylic oxidation sites excluding steroid dienone is 5. The fourth-order valence-corrected chi connectivity index (χ4v) is 3.36. The van der Waals surface area contributed by atoms with Gasteiger partial charge in [-0.3, -0.25) is 0 Å². The van der Waals surface area contributed by atoms with Crippen molar-refractivity contribution in [2.45, 2.75) is 92.4 Å². The van der Waals surface area contributed by atoms with E-state index < -0.39 is 0 Å². The molecule has 0 aromatic carbocycles. The molecule has 0 saturated heterocycles. The summed E-state index contributed by atoms with van der Waals surface area (Å²) in [6, 6.07) is 0. The Bertz CT molecular complexity index is 440. The quantitative estimate of drug-likeness (QED) is 0.282. The van der Waals surface area contributed by atoms with Crippen molar-refractivity contribution >= 4 is 32.7 Å². The molecule has 0 heterocycles. The second-order valence-corrected chi connectivity index (χ2v) is 8.33. The first-order valence-corrected chi connectivity index (χ1v) is 11.0. The third kappa shape index (κ3) is 13.5. The zero-order valence-corrected chi connectivity index (χ0v) is 19.2. The van der Waals surface area contributed by atoms with E-state index in [4.69, 9.17) is 11.6 Å². The second-order valence-electron chi connectivity index (χ2n) is 6.93. The highest BCUT2D eigenvalue weighted by atomic mass is 79.9. The summed E-state index contributed by atoms with van der Waals surface area (Å²) in [5.41, 5.74) is 2.34. The van der Waals surface area contributed by atoms with Gasteiger partial charge in [0.15, 0.2) is 0 Å². The molecule has 0 N–H and O–H groups in total. The van der Waals surface area contributed by atoms with Gasteiger partial charge in [-0.15, -0.1) is 0 Å². The summed E-state index contributed by atoms with van der Waals surface area (Å²) >= 11 is 9.42. The molecule has 25 heavy (non-hydrogen) atoms. The van der Waals surface area contributed by atoms with Gasteiger partial charge >= 0.3 is 0 Å². The van der Waals surface area contributed by atoms with Crippen LogP contribution in [0.4, 0.5) is 0 Å². The first-order valence-electron chi connectivity index (χ1n) is 9.85. The summed E-state index contributed by atoms with van der Waals surface area (Å²) in [5.74, 6) is 1.04. The van der Waals surface area contributed by atoms with E-state index in [1.807, 2.05) is 6.20 Å². The predicted molar refractivity (Wildman–Crippen MR) is 120 cm³/mol. The van der Waals surface area contributed by atoms with Gasteiger partial charge in [-0.2, -0.15) is 0 Å². The maximum Gasteiger partial charge on any atom is 0.103 e. The Kier molecular flexibility index (Phi) is 15.7. The first kappa shape index (κ1) is 24.7. The second kappa shape index (κ2) is 15.9. The van der Waals surface area contributed by atoms with Crippen LogP contribution in [0.15, 0.2) is 39.0 Å². The summed E-state index contributed by atoms with van der Waals surface area (Å²) in [6.07, 6.45) is 18.1. The van der Waals surface area contributed by atoms with Crippen LogP contribution >= 0.6 is 27.5 Å². The van der Waals surface area contributed by atoms with Crippen molar-refractivity contribution in [3.05, 3.63) is 34.0 Å². The third-order valence-corrected chi connectivity index (χ3v) is 5.15. The van der Waals surface area contributed by atoms with Crippen molar-refractivity contribution in [1.29, 1.82) is 0 Å². The van der Waals surface area contributed by atoms with Crippen LogP contribution in [0.3, 0.4) is 0 Å². The topological polar surface area (TPSA) is 12.4 Å². The summed E-state index contributed by atoms with van der Waals surface area (Å²) in [6.45, 7) is 10.6. The van der Waals surface area contributed by atoms with Crippen LogP contribution in [-0.4, -0.2) is 5.17 Å². The molecule has 0 unspecified atom stereocenters. The lowest BCUT2D eigenvalue weighted by molar-refractivity contribution is 0.385. The normalized spacial score (nSPS) is 18.0. The standard InChI is InChI=1S/C15H23BrClN.C7H14/c1-5-7-9-12(3)14(11-18-13(4)17)15(16)10-8-6-2;1-7-5-3-2-4-6-7/h9-11H,5-8H2,1-4H3;7H,2-6H2,1H3/b12-9+,14-11+,15-10+,18-13?;. The molecule has 0 amide bonds. The fraction of sp³-hybridized carbons (Fsp3) is 0.682. The predicted octanol–water partition coefficient (Wildman–Crippen LogP) is 8.94. The Labute approximate surface area is 169 Å². The van der Waals surface area contributed by atoms with E-state index in [9.17, 15) is 0 Å². The monoisotopic (exact) mass is 429 g/mol. The van der Waals surface area contributed by atoms with Gasteiger partial charge in [0.25, 0.3) is 0 Å². The van der Waals surface area contributed by atoms with Crippen molar-refractivity contribution in [2.75, 3.05) is 0 Å². The molecule has 0 radical (unpaired) electrons. The van der Waals surface area contributed by atoms with Gasteiger partial charge in [0.2, 0.25) is 0 Å². The van der Waals surface area contributed by atoms with Gasteiger partial charge in [0, 0.05) is 16.3 Å². The Hall–Kier alpha value is -0.340. The van der Waals surface area contributed by atoms with Crippen LogP contribution in [0.25, 0.3) is 0 Å². The Morgan fingerprint density at radius 2 is 1.60 bits per heavy atom. The molecule has 0 aliphatic heterocycles. The van der Waals surface area contributed by atoms with Crippen LogP contribution in [0.5, 0.6) is 0 Å². The van der Waals surface area contributed by atoms with Crippen molar-refractivity contribution < 1.29 is 0 Å². The molecule has 1 saturated carbocycles. The van der Waals surface area contributed by atoms with E-state index in [-0.39, 0.29) is 0 Å². The van der Waals surface area contributed by atoms with E-state index in [1.165, 1.54) is 37.7 Å². The Morgan fingerprint density at radius 3 is 2.04 bits per heavy atom. The van der Waals surface area contributed by atoms with E-state index in [1.54, 1.807) is 6.92 Å². The van der Waals surface area contributed by atoms with Crippen LogP contribution in [0.1, 0.15) is 92.4 Å². The van der Waals surface area contributed by atoms with Crippen LogP contribution in [0.2, 0.25) is 0 Å². The first-order chi connectivity index (χ1) is 11.9. The highest BCUT2D eigenvalue weighted by Crippen LogP contribution is 2.26. The minimum atomic E-state index is 0.548. The molecule has 1 rings (SSSR count). The number of halogens is 2. The molecular weight excluding hydrogens is 394 g/mol. The van der Waals surface area contributed by atoms with E-state index >= 15 is 0 Å². The number of rotatable bonds is 7. The molecule has 144 valence electrons. The average Bonchev–Trinajstić information content (AvgIpc) is 2.59. The zero-order valence-electron chi connectivity index (χ0n) is 16.9. The van der Waals surface area contributed by atoms with Crippen molar-refractivity contribution in [3.63, 3.8) is 0 Å². The van der Waals surface area contributed by atoms with Gasteiger partial charge in [-0.1, -0.05) is 105 Å². The minimum absolute atomic E-state index is 0.548. The number of unbranched alkanes of at least 4 members (excludes halogenated alkanes) is 2. The van der Waals surface area contributed by atoms with Gasteiger partial charge in [0.1, 0.15) is 5.17 Å². The summed E-state index contributed by atoms with van der Waals surface area (Å²) < 4.78 is 1.09. The lowest BCUT2D eigenvalue weighted by atomic mass is 9.91. The van der Waals surface area contributed by atoms with E-state index in [2.05, 4.69) is 60.8 Å². The van der Waals surface area contributed by atoms with Crippen molar-refractivity contribution in [1.82, 2.24) is 0 Å². The molecule has 1 aliphatic rings. The number of aliphatic imine (C=N–C) groups is 1. The maximum absolute atomic E-state index is 5.79. The molecule has 0 aromatic heterocycles. The van der Waals surface area contributed by atoms with E-state index in [0.29, 0.717) is 5.17 Å². The third-order valence-electron chi connectivity index (χ3n) is 4.30. The minimum Gasteiger partial charge on any atom is -0.249 e. The van der Waals surface area contributed by atoms with Gasteiger partial charge in [-0.25, -0.2) is 4.99 Å². The zero-order chi connectivity index (χ0) is 19.1. The highest BCUT2D eigenvalue weighted by Gasteiger charge is 2.06. The van der Waals surface area contributed by atoms with Crippen LogP contribution in [-0.2, 0) is 0 Å². The maximum atomic E-state index is 5.79. The summed E-state index contributed by atoms with van der Waals surface area (Å²) in [5, 5.41) is 0.548. The van der Waals surface area contributed by atoms with Crippen LogP contribution < -0.4 is 0 Å². The van der Waals surface area contributed by atoms with E-state index in [0.717, 1.165) is 41.7 Å². The van der Waals surface area contributed by atoms with Crippen molar-refractivity contribution in [2.24, 2.45) is 10.9 Å². The highest BCUT2D eigenvalue weighted by molar-refractivity contribution is 9.12. The fourth-order valence-electron chi connectivity index (χ4n) is 2.66. The smallest absolute Gasteiger partial charge is 0.103 e. The van der Waals surface area contributed by atoms with Gasteiger partial charge in [-0.05, 0) is 38.2 Å². The van der Waals surface area contributed by atoms with Crippen LogP contribution in [0, 0.1) is 5.92 Å². The lowest BCUT2D eigenvalue weighted by Gasteiger charge is -2.15. The van der Waals surface area contributed by atoms with Gasteiger partial charge < -0.3 is 0 Å². The number of nitrogens with zero attached hydrogens (tertiary/aromatic N) is 1. The molecule has 1 nitrogen and oxygen atoms in total. The average molecular weight is 431 g/mol. The Morgan fingerprint density at radius 1 is 1.04 bits per heavy atom. The van der Waals surface area contributed by atoms with Crippen molar-refractivity contribution in [3.8, 4) is 0 Å². The Balaban J connectivity index is 0.000000676. The van der Waals surface area contributed by atoms with Gasteiger partial charge in [0.05, 0.1) is 0 Å². The molecule has 3 heteroatoms. The molecule has 0 aromatic rings. The molecule has 0 bridgehead atoms. The number of hydrogen-bond acceptors (Lipinski definition) is 1.